The standard InChI is InChI=1S/C27H25N3O5S/c1-32-20-11-12-21-24(16-20)36-27(29-21)30(25(31)13-10-18-8-6-5-7-9-18)28-17-19-14-22(33-2)26(35-4)23(15-19)34-3/h5-17H,1-4H3/b13-10+,28-17+. The van der Waals surface area contributed by atoms with Crippen molar-refractivity contribution in [3.63, 3.8) is 0 Å². The van der Waals surface area contributed by atoms with Crippen LogP contribution in [0.1, 0.15) is 11.1 Å². The molecule has 4 aromatic rings. The average molecular weight is 504 g/mol. The van der Waals surface area contributed by atoms with Gasteiger partial charge in [0.25, 0.3) is 5.91 Å². The second-order valence-electron chi connectivity index (χ2n) is 7.43. The minimum absolute atomic E-state index is 0.353. The molecule has 1 amide bonds. The molecule has 0 N–H and O–H groups in total. The fourth-order valence-corrected chi connectivity index (χ4v) is 4.37. The Bertz CT molecular complexity index is 1390. The normalized spacial score (nSPS) is 11.2. The summed E-state index contributed by atoms with van der Waals surface area (Å²) in [5.74, 6) is 1.78. The third-order valence-corrected chi connectivity index (χ3v) is 6.20. The zero-order chi connectivity index (χ0) is 25.5. The van der Waals surface area contributed by atoms with Gasteiger partial charge in [0.05, 0.1) is 44.9 Å². The van der Waals surface area contributed by atoms with Crippen LogP contribution in [-0.2, 0) is 4.79 Å². The van der Waals surface area contributed by atoms with Crippen molar-refractivity contribution < 1.29 is 23.7 Å². The van der Waals surface area contributed by atoms with Gasteiger partial charge in [-0.2, -0.15) is 10.1 Å². The predicted molar refractivity (Wildman–Crippen MR) is 143 cm³/mol. The van der Waals surface area contributed by atoms with Crippen molar-refractivity contribution in [1.82, 2.24) is 4.98 Å². The number of rotatable bonds is 9. The largest absolute Gasteiger partial charge is 0.497 e. The molecule has 8 nitrogen and oxygen atoms in total. The van der Waals surface area contributed by atoms with Gasteiger partial charge in [0.15, 0.2) is 11.5 Å². The van der Waals surface area contributed by atoms with E-state index in [4.69, 9.17) is 18.9 Å². The summed E-state index contributed by atoms with van der Waals surface area (Å²) in [5.41, 5.74) is 2.29. The van der Waals surface area contributed by atoms with E-state index in [1.54, 1.807) is 31.5 Å². The van der Waals surface area contributed by atoms with Crippen molar-refractivity contribution in [1.29, 1.82) is 0 Å². The first-order chi connectivity index (χ1) is 17.6. The van der Waals surface area contributed by atoms with E-state index in [1.807, 2.05) is 48.5 Å². The summed E-state index contributed by atoms with van der Waals surface area (Å²) >= 11 is 1.34. The number of hydrogen-bond donors (Lipinski definition) is 0. The van der Waals surface area contributed by atoms with Crippen LogP contribution < -0.4 is 24.0 Å². The molecule has 0 aliphatic carbocycles. The number of amides is 1. The lowest BCUT2D eigenvalue weighted by Gasteiger charge is -2.14. The monoisotopic (exact) mass is 503 g/mol. The molecule has 0 unspecified atom stereocenters. The molecule has 0 aliphatic rings. The van der Waals surface area contributed by atoms with Gasteiger partial charge >= 0.3 is 0 Å². The van der Waals surface area contributed by atoms with Crippen LogP contribution in [0.3, 0.4) is 0 Å². The van der Waals surface area contributed by atoms with Crippen LogP contribution in [-0.4, -0.2) is 45.5 Å². The Balaban J connectivity index is 1.73. The van der Waals surface area contributed by atoms with Crippen molar-refractivity contribution >= 4 is 44.9 Å². The third-order valence-electron chi connectivity index (χ3n) is 5.20. The fourth-order valence-electron chi connectivity index (χ4n) is 3.41. The highest BCUT2D eigenvalue weighted by Gasteiger charge is 2.18. The Morgan fingerprint density at radius 2 is 1.61 bits per heavy atom. The maximum absolute atomic E-state index is 13.3. The average Bonchev–Trinajstić information content (AvgIpc) is 3.34. The molecule has 1 heterocycles. The van der Waals surface area contributed by atoms with Crippen LogP contribution in [0.4, 0.5) is 5.13 Å². The van der Waals surface area contributed by atoms with Crippen LogP contribution in [0.5, 0.6) is 23.0 Å². The van der Waals surface area contributed by atoms with Gasteiger partial charge in [-0.3, -0.25) is 4.79 Å². The predicted octanol–water partition coefficient (Wildman–Crippen LogP) is 5.41. The van der Waals surface area contributed by atoms with Crippen molar-refractivity contribution in [2.45, 2.75) is 0 Å². The minimum atomic E-state index is -0.353. The summed E-state index contributed by atoms with van der Waals surface area (Å²) in [6.45, 7) is 0. The number of thiazole rings is 1. The zero-order valence-electron chi connectivity index (χ0n) is 20.3. The van der Waals surface area contributed by atoms with Crippen molar-refractivity contribution in [2.24, 2.45) is 5.10 Å². The Morgan fingerprint density at radius 1 is 0.889 bits per heavy atom. The molecule has 0 radical (unpaired) electrons. The third kappa shape index (κ3) is 5.47. The maximum Gasteiger partial charge on any atom is 0.273 e. The number of carbonyl (C=O) groups is 1. The molecular formula is C27H25N3O5S. The van der Waals surface area contributed by atoms with Gasteiger partial charge in [0.1, 0.15) is 5.75 Å². The van der Waals surface area contributed by atoms with Crippen LogP contribution in [0.15, 0.2) is 71.8 Å². The molecule has 0 spiro atoms. The highest BCUT2D eigenvalue weighted by molar-refractivity contribution is 7.22. The molecule has 36 heavy (non-hydrogen) atoms. The van der Waals surface area contributed by atoms with Gasteiger partial charge < -0.3 is 18.9 Å². The number of hydrogen-bond acceptors (Lipinski definition) is 8. The lowest BCUT2D eigenvalue weighted by Crippen LogP contribution is -2.23. The number of methoxy groups -OCH3 is 4. The number of benzene rings is 3. The molecule has 0 fully saturated rings. The zero-order valence-corrected chi connectivity index (χ0v) is 21.1. The second kappa shape index (κ2) is 11.4. The summed E-state index contributed by atoms with van der Waals surface area (Å²) in [7, 11) is 6.22. The number of carbonyl (C=O) groups excluding carboxylic acids is 1. The number of hydrazone groups is 1. The Labute approximate surface area is 213 Å². The van der Waals surface area contributed by atoms with Crippen LogP contribution in [0.25, 0.3) is 16.3 Å². The van der Waals surface area contributed by atoms with E-state index in [-0.39, 0.29) is 5.91 Å². The number of nitrogens with zero attached hydrogens (tertiary/aromatic N) is 3. The van der Waals surface area contributed by atoms with Gasteiger partial charge in [-0.25, -0.2) is 4.98 Å². The highest BCUT2D eigenvalue weighted by Crippen LogP contribution is 2.38. The Morgan fingerprint density at radius 3 is 2.25 bits per heavy atom. The summed E-state index contributed by atoms with van der Waals surface area (Å²) in [6.07, 6.45) is 4.75. The summed E-state index contributed by atoms with van der Waals surface area (Å²) < 4.78 is 22.4. The fraction of sp³-hybridized carbons (Fsp3) is 0.148. The van der Waals surface area contributed by atoms with E-state index in [2.05, 4.69) is 10.1 Å². The molecular weight excluding hydrogens is 478 g/mol. The molecule has 0 aliphatic heterocycles. The maximum atomic E-state index is 13.3. The molecule has 3 aromatic carbocycles. The first kappa shape index (κ1) is 24.7. The van der Waals surface area contributed by atoms with Gasteiger partial charge in [-0.15, -0.1) is 0 Å². The van der Waals surface area contributed by atoms with E-state index in [1.165, 1.54) is 43.8 Å². The number of ether oxygens (including phenoxy) is 4. The number of aromatic nitrogens is 1. The summed E-state index contributed by atoms with van der Waals surface area (Å²) in [5, 5.41) is 6.18. The summed E-state index contributed by atoms with van der Waals surface area (Å²) in [4.78, 5) is 17.9. The number of fused-ring (bicyclic) bond motifs is 1. The van der Waals surface area contributed by atoms with Gasteiger partial charge in [-0.05, 0) is 42.0 Å². The van der Waals surface area contributed by atoms with Gasteiger partial charge in [-0.1, -0.05) is 41.7 Å². The van der Waals surface area contributed by atoms with E-state index < -0.39 is 0 Å². The van der Waals surface area contributed by atoms with Crippen molar-refractivity contribution in [2.75, 3.05) is 33.4 Å². The summed E-state index contributed by atoms with van der Waals surface area (Å²) in [6, 6.07) is 18.6. The molecule has 0 saturated heterocycles. The highest BCUT2D eigenvalue weighted by atomic mass is 32.1. The van der Waals surface area contributed by atoms with Crippen LogP contribution in [0.2, 0.25) is 0 Å². The molecule has 4 rings (SSSR count). The molecule has 184 valence electrons. The quantitative estimate of drug-likeness (QED) is 0.173. The smallest absolute Gasteiger partial charge is 0.273 e. The Kier molecular flexibility index (Phi) is 7.82. The lowest BCUT2D eigenvalue weighted by atomic mass is 10.2. The van der Waals surface area contributed by atoms with Crippen molar-refractivity contribution in [3.05, 3.63) is 77.9 Å². The van der Waals surface area contributed by atoms with Crippen LogP contribution in [0, 0.1) is 0 Å². The SMILES string of the molecule is COc1ccc2nc(N(/N=C/c3cc(OC)c(OC)c(OC)c3)C(=O)/C=C/c3ccccc3)sc2c1. The molecule has 0 bridgehead atoms. The topological polar surface area (TPSA) is 82.5 Å². The first-order valence-corrected chi connectivity index (χ1v) is 11.7. The van der Waals surface area contributed by atoms with Crippen LogP contribution >= 0.6 is 11.3 Å². The molecule has 1 aromatic heterocycles. The molecule has 0 saturated carbocycles. The molecule has 9 heteroatoms. The van der Waals surface area contributed by atoms with E-state index in [9.17, 15) is 4.79 Å². The molecule has 0 atom stereocenters. The lowest BCUT2D eigenvalue weighted by molar-refractivity contribution is -0.114. The second-order valence-corrected chi connectivity index (χ2v) is 8.44. The van der Waals surface area contributed by atoms with E-state index in [0.717, 1.165) is 15.8 Å². The van der Waals surface area contributed by atoms with Crippen molar-refractivity contribution in [3.8, 4) is 23.0 Å². The first-order valence-electron chi connectivity index (χ1n) is 10.9. The Hall–Kier alpha value is -4.37. The van der Waals surface area contributed by atoms with E-state index >= 15 is 0 Å². The van der Waals surface area contributed by atoms with Gasteiger partial charge in [0.2, 0.25) is 10.9 Å². The number of anilines is 1. The van der Waals surface area contributed by atoms with Gasteiger partial charge in [0, 0.05) is 11.6 Å². The van der Waals surface area contributed by atoms with E-state index in [0.29, 0.717) is 33.7 Å². The minimum Gasteiger partial charge on any atom is -0.497 e.